The molecular weight excluding hydrogens is 493 g/mol. The second-order valence-corrected chi connectivity index (χ2v) is 8.63. The van der Waals surface area contributed by atoms with Crippen molar-refractivity contribution in [2.24, 2.45) is 0 Å². The summed E-state index contributed by atoms with van der Waals surface area (Å²) in [7, 11) is -3.83. The minimum atomic E-state index is -5.01. The van der Waals surface area contributed by atoms with Crippen molar-refractivity contribution in [2.75, 3.05) is 19.0 Å². The van der Waals surface area contributed by atoms with Gasteiger partial charge in [-0.1, -0.05) is 0 Å². The van der Waals surface area contributed by atoms with Crippen LogP contribution in [0, 0.1) is 0 Å². The molecule has 0 bridgehead atoms. The van der Waals surface area contributed by atoms with Crippen LogP contribution in [0.3, 0.4) is 0 Å². The van der Waals surface area contributed by atoms with Crippen LogP contribution >= 0.6 is 7.82 Å². The molecule has 16 nitrogen and oxygen atoms in total. The number of hydrogen-bond donors (Lipinski definition) is 8. The highest BCUT2D eigenvalue weighted by Crippen LogP contribution is 2.49. The van der Waals surface area contributed by atoms with Crippen LogP contribution in [0.4, 0.5) is 5.82 Å². The van der Waals surface area contributed by atoms with Gasteiger partial charge in [-0.2, -0.15) is 0 Å². The molecule has 1 aliphatic heterocycles. The van der Waals surface area contributed by atoms with E-state index >= 15 is 0 Å². The summed E-state index contributed by atoms with van der Waals surface area (Å²) < 4.78 is 27.8. The Morgan fingerprint density at radius 3 is 2.57 bits per heavy atom. The number of phenolic OH excluding ortho intramolecular Hbond substituents is 2. The van der Waals surface area contributed by atoms with Gasteiger partial charge in [0.25, 0.3) is 0 Å². The Morgan fingerprint density at radius 1 is 1.20 bits per heavy atom. The third-order valence-electron chi connectivity index (χ3n) is 5.30. The van der Waals surface area contributed by atoms with Crippen LogP contribution in [0.25, 0.3) is 11.2 Å². The first kappa shape index (κ1) is 24.9. The largest absolute Gasteiger partial charge is 0.524 e. The Kier molecular flexibility index (Phi) is 6.70. The average molecular weight is 515 g/mol. The van der Waals surface area contributed by atoms with Gasteiger partial charge in [0.05, 0.1) is 25.6 Å². The first-order chi connectivity index (χ1) is 16.6. The van der Waals surface area contributed by atoms with E-state index in [4.69, 9.17) is 19.3 Å². The van der Waals surface area contributed by atoms with E-state index in [1.807, 2.05) is 0 Å². The summed E-state index contributed by atoms with van der Waals surface area (Å²) in [4.78, 5) is 30.6. The van der Waals surface area contributed by atoms with E-state index in [1.165, 1.54) is 24.3 Å². The van der Waals surface area contributed by atoms with Gasteiger partial charge in [-0.25, -0.2) is 19.5 Å². The standard InChI is InChI=1S/C18H22N5O11P/c1-32-15-7(12(26)8(25)2-9(15)34-35(29,30)31)3-19-16-11-17(21-5-20-16)23(6-22-11)18-14(28)13(27)10(4-24)33-18/h2,5-6,10,13-14,18,24-28H,3-4H2,1H3,(H,19,20,21)(H2,29,30,31)/t10-,13-,14-,18-/m1/s1. The molecule has 8 N–H and O–H groups in total. The van der Waals surface area contributed by atoms with Crippen molar-refractivity contribution in [3.63, 3.8) is 0 Å². The molecule has 3 aromatic rings. The molecule has 0 radical (unpaired) electrons. The van der Waals surface area contributed by atoms with Crippen molar-refractivity contribution in [3.8, 4) is 23.0 Å². The molecule has 2 aromatic heterocycles. The van der Waals surface area contributed by atoms with Gasteiger partial charge in [-0.15, -0.1) is 0 Å². The molecule has 0 unspecified atom stereocenters. The van der Waals surface area contributed by atoms with Crippen molar-refractivity contribution in [1.29, 1.82) is 0 Å². The van der Waals surface area contributed by atoms with Crippen LogP contribution in [-0.2, 0) is 15.8 Å². The average Bonchev–Trinajstić information content (AvgIpc) is 3.35. The van der Waals surface area contributed by atoms with Crippen molar-refractivity contribution in [1.82, 2.24) is 19.5 Å². The summed E-state index contributed by atoms with van der Waals surface area (Å²) in [5.41, 5.74) is 0.302. The summed E-state index contributed by atoms with van der Waals surface area (Å²) in [6.07, 6.45) is -2.31. The zero-order valence-corrected chi connectivity index (χ0v) is 18.8. The second-order valence-electron chi connectivity index (χ2n) is 7.46. The molecule has 1 saturated heterocycles. The van der Waals surface area contributed by atoms with Gasteiger partial charge >= 0.3 is 7.82 Å². The van der Waals surface area contributed by atoms with Crippen LogP contribution < -0.4 is 14.6 Å². The highest BCUT2D eigenvalue weighted by Gasteiger charge is 2.44. The molecule has 3 heterocycles. The topological polar surface area (TPSA) is 242 Å². The van der Waals surface area contributed by atoms with Gasteiger partial charge in [0.1, 0.15) is 24.6 Å². The third kappa shape index (κ3) is 4.68. The number of rotatable bonds is 8. The number of methoxy groups -OCH3 is 1. The molecule has 4 atom stereocenters. The first-order valence-electron chi connectivity index (χ1n) is 9.96. The highest BCUT2D eigenvalue weighted by molar-refractivity contribution is 7.46. The minimum Gasteiger partial charge on any atom is -0.504 e. The lowest BCUT2D eigenvalue weighted by molar-refractivity contribution is -0.0511. The van der Waals surface area contributed by atoms with Crippen molar-refractivity contribution < 1.29 is 53.9 Å². The molecule has 190 valence electrons. The van der Waals surface area contributed by atoms with Gasteiger partial charge in [0.15, 0.2) is 46.2 Å². The van der Waals surface area contributed by atoms with Crippen LogP contribution in [0.5, 0.6) is 23.0 Å². The maximum Gasteiger partial charge on any atom is 0.524 e. The molecular formula is C18H22N5O11P. The summed E-state index contributed by atoms with van der Waals surface area (Å²) in [6, 6.07) is 0.794. The number of phenols is 2. The van der Waals surface area contributed by atoms with Gasteiger partial charge < -0.3 is 44.8 Å². The fourth-order valence-corrected chi connectivity index (χ4v) is 4.09. The molecule has 0 saturated carbocycles. The monoisotopic (exact) mass is 515 g/mol. The minimum absolute atomic E-state index is 0.106. The number of nitrogens with zero attached hydrogens (tertiary/aromatic N) is 4. The number of aromatic nitrogens is 4. The molecule has 17 heteroatoms. The lowest BCUT2D eigenvalue weighted by atomic mass is 10.1. The fraction of sp³-hybridized carbons (Fsp3) is 0.389. The lowest BCUT2D eigenvalue weighted by Crippen LogP contribution is -2.33. The molecule has 1 aliphatic rings. The Labute approximate surface area is 196 Å². The predicted octanol–water partition coefficient (Wildman–Crippen LogP) is -1.06. The number of fused-ring (bicyclic) bond motifs is 1. The lowest BCUT2D eigenvalue weighted by Gasteiger charge is -2.18. The third-order valence-corrected chi connectivity index (χ3v) is 5.73. The van der Waals surface area contributed by atoms with Crippen molar-refractivity contribution in [2.45, 2.75) is 31.1 Å². The maximum atomic E-state index is 11.3. The number of nitrogens with one attached hydrogen (secondary N) is 1. The van der Waals surface area contributed by atoms with E-state index in [9.17, 15) is 30.1 Å². The maximum absolute atomic E-state index is 11.3. The normalized spacial score (nSPS) is 22.5. The number of phosphoric ester groups is 1. The number of hydrogen-bond acceptors (Lipinski definition) is 13. The van der Waals surface area contributed by atoms with Crippen LogP contribution in [0.2, 0.25) is 0 Å². The Bertz CT molecular complexity index is 1280. The van der Waals surface area contributed by atoms with E-state index < -0.39 is 56.2 Å². The molecule has 1 fully saturated rings. The number of aliphatic hydroxyl groups is 3. The zero-order valence-electron chi connectivity index (χ0n) is 18.0. The molecule has 4 rings (SSSR count). The van der Waals surface area contributed by atoms with E-state index in [0.717, 1.165) is 6.07 Å². The van der Waals surface area contributed by atoms with E-state index in [1.54, 1.807) is 0 Å². The number of imidazole rings is 1. The van der Waals surface area contributed by atoms with Crippen LogP contribution in [-0.4, -0.2) is 86.9 Å². The highest BCUT2D eigenvalue weighted by atomic mass is 31.2. The number of aromatic hydroxyl groups is 2. The predicted molar refractivity (Wildman–Crippen MR) is 115 cm³/mol. The SMILES string of the molecule is COc1c(OP(=O)(O)O)cc(O)c(O)c1CNc1ncnc2c1ncn2[C@@H]1O[C@H](CO)[C@@H](O)[C@H]1O. The summed E-state index contributed by atoms with van der Waals surface area (Å²) in [6.45, 7) is -0.778. The number of phosphoric acid groups is 1. The van der Waals surface area contributed by atoms with E-state index in [2.05, 4.69) is 24.8 Å². The number of ether oxygens (including phenoxy) is 2. The van der Waals surface area contributed by atoms with Gasteiger partial charge in [-0.05, 0) is 0 Å². The Balaban J connectivity index is 1.65. The number of anilines is 1. The molecule has 0 spiro atoms. The van der Waals surface area contributed by atoms with Gasteiger partial charge in [0.2, 0.25) is 0 Å². The van der Waals surface area contributed by atoms with Crippen LogP contribution in [0.1, 0.15) is 11.8 Å². The number of aliphatic hydroxyl groups excluding tert-OH is 3. The fourth-order valence-electron chi connectivity index (χ4n) is 3.70. The van der Waals surface area contributed by atoms with Crippen molar-refractivity contribution >= 4 is 24.8 Å². The van der Waals surface area contributed by atoms with E-state index in [-0.39, 0.29) is 34.8 Å². The second kappa shape index (κ2) is 9.43. The first-order valence-corrected chi connectivity index (χ1v) is 11.5. The molecule has 1 aromatic carbocycles. The zero-order chi connectivity index (χ0) is 25.5. The van der Waals surface area contributed by atoms with E-state index in [0.29, 0.717) is 0 Å². The van der Waals surface area contributed by atoms with Crippen LogP contribution in [0.15, 0.2) is 18.7 Å². The molecule has 35 heavy (non-hydrogen) atoms. The number of benzene rings is 1. The summed E-state index contributed by atoms with van der Waals surface area (Å²) in [5, 5.41) is 52.8. The summed E-state index contributed by atoms with van der Waals surface area (Å²) in [5.74, 6) is -1.96. The Hall–Kier alpha value is -3.24. The summed E-state index contributed by atoms with van der Waals surface area (Å²) >= 11 is 0. The smallest absolute Gasteiger partial charge is 0.504 e. The van der Waals surface area contributed by atoms with Gasteiger partial charge in [0, 0.05) is 12.6 Å². The molecule has 0 aliphatic carbocycles. The van der Waals surface area contributed by atoms with Gasteiger partial charge in [-0.3, -0.25) is 14.4 Å². The van der Waals surface area contributed by atoms with Crippen molar-refractivity contribution in [3.05, 3.63) is 24.3 Å². The molecule has 0 amide bonds. The Morgan fingerprint density at radius 2 is 1.94 bits per heavy atom. The quantitative estimate of drug-likeness (QED) is 0.132.